The molecule has 0 radical (unpaired) electrons. The van der Waals surface area contributed by atoms with Crippen LogP contribution in [0.15, 0.2) is 47.9 Å². The SMILES string of the molecule is CC(=O)N1Cc2cnc(OCC3=C(C)NNN3c3ccc(F)cc3)cc2C1. The fourth-order valence-corrected chi connectivity index (χ4v) is 3.13. The predicted octanol–water partition coefficient (Wildman–Crippen LogP) is 2.22. The minimum absolute atomic E-state index is 0.0486. The lowest BCUT2D eigenvalue weighted by atomic mass is 10.2. The lowest BCUT2D eigenvalue weighted by Crippen LogP contribution is -2.38. The van der Waals surface area contributed by atoms with Gasteiger partial charge in [0.15, 0.2) is 0 Å². The molecule has 8 heteroatoms. The molecular formula is C19H20FN5O2. The molecule has 0 atom stereocenters. The van der Waals surface area contributed by atoms with Gasteiger partial charge in [0.25, 0.3) is 0 Å². The van der Waals surface area contributed by atoms with Crippen LogP contribution in [0.5, 0.6) is 5.88 Å². The fourth-order valence-electron chi connectivity index (χ4n) is 3.13. The standard InChI is InChI=1S/C19H20FN5O2/c1-12-18(25(23-22-12)17-5-3-16(20)4-6-17)11-27-19-7-14-9-24(13(2)26)10-15(14)8-21-19/h3-8,22-23H,9-11H2,1-2H3. The van der Waals surface area contributed by atoms with E-state index in [1.165, 1.54) is 12.1 Å². The van der Waals surface area contributed by atoms with Crippen LogP contribution in [0, 0.1) is 5.82 Å². The van der Waals surface area contributed by atoms with Crippen molar-refractivity contribution in [3.05, 3.63) is 64.9 Å². The molecule has 1 amide bonds. The minimum atomic E-state index is -0.286. The quantitative estimate of drug-likeness (QED) is 0.861. The molecule has 0 unspecified atom stereocenters. The monoisotopic (exact) mass is 369 g/mol. The van der Waals surface area contributed by atoms with Crippen LogP contribution in [0.1, 0.15) is 25.0 Å². The molecule has 1 aromatic heterocycles. The summed E-state index contributed by atoms with van der Waals surface area (Å²) in [6.45, 7) is 4.95. The van der Waals surface area contributed by atoms with Crippen LogP contribution in [0.2, 0.25) is 0 Å². The van der Waals surface area contributed by atoms with E-state index in [4.69, 9.17) is 4.74 Å². The van der Waals surface area contributed by atoms with Gasteiger partial charge in [-0.05, 0) is 42.3 Å². The largest absolute Gasteiger partial charge is 0.471 e. The second-order valence-electron chi connectivity index (χ2n) is 6.58. The van der Waals surface area contributed by atoms with Crippen LogP contribution in [0.25, 0.3) is 0 Å². The average Bonchev–Trinajstić information content (AvgIpc) is 3.24. The molecule has 140 valence electrons. The molecule has 0 bridgehead atoms. The second kappa shape index (κ2) is 6.88. The number of carbonyl (C=O) groups is 1. The van der Waals surface area contributed by atoms with Gasteiger partial charge in [0, 0.05) is 38.0 Å². The van der Waals surface area contributed by atoms with Gasteiger partial charge < -0.3 is 15.1 Å². The van der Waals surface area contributed by atoms with E-state index in [-0.39, 0.29) is 18.3 Å². The lowest BCUT2D eigenvalue weighted by Gasteiger charge is -2.21. The Labute approximate surface area is 156 Å². The lowest BCUT2D eigenvalue weighted by molar-refractivity contribution is -0.129. The Hall–Kier alpha value is -3.13. The van der Waals surface area contributed by atoms with Crippen molar-refractivity contribution < 1.29 is 13.9 Å². The van der Waals surface area contributed by atoms with E-state index in [9.17, 15) is 9.18 Å². The Balaban J connectivity index is 1.47. The molecule has 0 saturated heterocycles. The van der Waals surface area contributed by atoms with Gasteiger partial charge in [0.05, 0.1) is 11.4 Å². The number of rotatable bonds is 4. The maximum atomic E-state index is 13.2. The molecule has 0 spiro atoms. The first-order valence-corrected chi connectivity index (χ1v) is 8.64. The minimum Gasteiger partial charge on any atom is -0.471 e. The number of anilines is 1. The summed E-state index contributed by atoms with van der Waals surface area (Å²) in [5.41, 5.74) is 10.7. The first-order chi connectivity index (χ1) is 13.0. The van der Waals surface area contributed by atoms with E-state index >= 15 is 0 Å². The number of hydrazine groups is 2. The van der Waals surface area contributed by atoms with Gasteiger partial charge in [-0.2, -0.15) is 0 Å². The molecular weight excluding hydrogens is 349 g/mol. The second-order valence-corrected chi connectivity index (χ2v) is 6.58. The molecule has 2 aliphatic heterocycles. The Kier molecular flexibility index (Phi) is 4.41. The van der Waals surface area contributed by atoms with Crippen molar-refractivity contribution in [2.24, 2.45) is 0 Å². The number of benzene rings is 1. The van der Waals surface area contributed by atoms with Crippen LogP contribution in [-0.4, -0.2) is 22.4 Å². The van der Waals surface area contributed by atoms with Crippen molar-refractivity contribution in [3.8, 4) is 5.88 Å². The predicted molar refractivity (Wildman–Crippen MR) is 97.5 cm³/mol. The molecule has 1 aromatic carbocycles. The number of carbonyl (C=O) groups excluding carboxylic acids is 1. The summed E-state index contributed by atoms with van der Waals surface area (Å²) < 4.78 is 19.1. The van der Waals surface area contributed by atoms with Gasteiger partial charge in [-0.3, -0.25) is 9.80 Å². The van der Waals surface area contributed by atoms with Crippen molar-refractivity contribution in [1.82, 2.24) is 20.8 Å². The maximum absolute atomic E-state index is 13.2. The maximum Gasteiger partial charge on any atom is 0.220 e. The van der Waals surface area contributed by atoms with Crippen molar-refractivity contribution in [1.29, 1.82) is 0 Å². The molecule has 7 nitrogen and oxygen atoms in total. The molecule has 0 saturated carbocycles. The van der Waals surface area contributed by atoms with E-state index in [1.54, 1.807) is 35.2 Å². The van der Waals surface area contributed by atoms with Crippen LogP contribution < -0.4 is 20.7 Å². The zero-order chi connectivity index (χ0) is 19.0. The number of ether oxygens (including phenoxy) is 1. The van der Waals surface area contributed by atoms with Gasteiger partial charge >= 0.3 is 0 Å². The molecule has 27 heavy (non-hydrogen) atoms. The summed E-state index contributed by atoms with van der Waals surface area (Å²) in [6.07, 6.45) is 1.76. The number of aromatic nitrogens is 1. The summed E-state index contributed by atoms with van der Waals surface area (Å²) in [5, 5.41) is 1.81. The van der Waals surface area contributed by atoms with Gasteiger partial charge in [-0.15, -0.1) is 5.53 Å². The third-order valence-corrected chi connectivity index (χ3v) is 4.73. The van der Waals surface area contributed by atoms with Crippen LogP contribution in [-0.2, 0) is 17.9 Å². The van der Waals surface area contributed by atoms with Gasteiger partial charge in [0.2, 0.25) is 11.8 Å². The number of halogens is 1. The summed E-state index contributed by atoms with van der Waals surface area (Å²) in [6, 6.07) is 8.07. The van der Waals surface area contributed by atoms with E-state index in [1.807, 2.05) is 13.0 Å². The third kappa shape index (κ3) is 3.43. The summed E-state index contributed by atoms with van der Waals surface area (Å²) in [4.78, 5) is 17.7. The number of fused-ring (bicyclic) bond motifs is 1. The first kappa shape index (κ1) is 17.3. The van der Waals surface area contributed by atoms with Gasteiger partial charge in [0.1, 0.15) is 12.4 Å². The molecule has 3 heterocycles. The fraction of sp³-hybridized carbons (Fsp3) is 0.263. The zero-order valence-corrected chi connectivity index (χ0v) is 15.1. The topological polar surface area (TPSA) is 69.7 Å². The molecule has 0 aliphatic carbocycles. The van der Waals surface area contributed by atoms with Crippen LogP contribution in [0.3, 0.4) is 0 Å². The highest BCUT2D eigenvalue weighted by Gasteiger charge is 2.24. The van der Waals surface area contributed by atoms with Crippen molar-refractivity contribution in [2.45, 2.75) is 26.9 Å². The first-order valence-electron chi connectivity index (χ1n) is 8.64. The summed E-state index contributed by atoms with van der Waals surface area (Å²) in [7, 11) is 0. The Morgan fingerprint density at radius 3 is 2.74 bits per heavy atom. The third-order valence-electron chi connectivity index (χ3n) is 4.73. The van der Waals surface area contributed by atoms with E-state index in [0.717, 1.165) is 28.2 Å². The van der Waals surface area contributed by atoms with E-state index in [2.05, 4.69) is 15.9 Å². The Morgan fingerprint density at radius 1 is 1.26 bits per heavy atom. The normalized spacial score (nSPS) is 15.8. The number of allylic oxidation sites excluding steroid dienone is 1. The number of hydrogen-bond donors (Lipinski definition) is 2. The van der Waals surface area contributed by atoms with Gasteiger partial charge in [-0.25, -0.2) is 9.37 Å². The van der Waals surface area contributed by atoms with E-state index < -0.39 is 0 Å². The Bertz CT molecular complexity index is 913. The molecule has 0 fully saturated rings. The molecule has 2 aliphatic rings. The van der Waals surface area contributed by atoms with Gasteiger partial charge in [-0.1, -0.05) is 0 Å². The highest BCUT2D eigenvalue weighted by molar-refractivity contribution is 5.74. The number of hydrogen-bond acceptors (Lipinski definition) is 6. The van der Waals surface area contributed by atoms with E-state index in [0.29, 0.717) is 19.0 Å². The summed E-state index contributed by atoms with van der Waals surface area (Å²) in [5.74, 6) is 0.268. The van der Waals surface area contributed by atoms with Crippen LogP contribution >= 0.6 is 0 Å². The van der Waals surface area contributed by atoms with Crippen molar-refractivity contribution in [3.63, 3.8) is 0 Å². The highest BCUT2D eigenvalue weighted by atomic mass is 19.1. The molecule has 2 N–H and O–H groups in total. The number of nitrogens with zero attached hydrogens (tertiary/aromatic N) is 3. The zero-order valence-electron chi connectivity index (χ0n) is 15.1. The van der Waals surface area contributed by atoms with Crippen molar-refractivity contribution in [2.75, 3.05) is 11.6 Å². The summed E-state index contributed by atoms with van der Waals surface area (Å²) >= 11 is 0. The number of pyridine rings is 1. The highest BCUT2D eigenvalue weighted by Crippen LogP contribution is 2.26. The average molecular weight is 369 g/mol. The van der Waals surface area contributed by atoms with Crippen molar-refractivity contribution >= 4 is 11.6 Å². The number of nitrogens with one attached hydrogen (secondary N) is 2. The smallest absolute Gasteiger partial charge is 0.220 e. The Morgan fingerprint density at radius 2 is 2.00 bits per heavy atom. The number of amides is 1. The molecule has 4 rings (SSSR count). The van der Waals surface area contributed by atoms with Crippen LogP contribution in [0.4, 0.5) is 10.1 Å². The molecule has 2 aromatic rings.